The van der Waals surface area contributed by atoms with Gasteiger partial charge in [-0.25, -0.2) is 0 Å². The van der Waals surface area contributed by atoms with Crippen LogP contribution in [-0.2, 0) is 4.74 Å². The van der Waals surface area contributed by atoms with Crippen molar-refractivity contribution < 1.29 is 4.74 Å². The van der Waals surface area contributed by atoms with Crippen LogP contribution < -0.4 is 5.32 Å². The summed E-state index contributed by atoms with van der Waals surface area (Å²) in [5.41, 5.74) is 0. The SMILES string of the molecule is [CH]1NCCC2OCCC12. The van der Waals surface area contributed by atoms with Crippen LogP contribution in [-0.4, -0.2) is 19.3 Å². The largest absolute Gasteiger partial charge is 0.378 e. The average Bonchev–Trinajstić information content (AvgIpc) is 2.33. The molecule has 2 unspecified atom stereocenters. The highest BCUT2D eigenvalue weighted by Gasteiger charge is 2.30. The van der Waals surface area contributed by atoms with Gasteiger partial charge >= 0.3 is 0 Å². The van der Waals surface area contributed by atoms with E-state index in [1.165, 1.54) is 12.8 Å². The molecule has 0 aromatic carbocycles. The van der Waals surface area contributed by atoms with Crippen LogP contribution in [0.5, 0.6) is 0 Å². The maximum Gasteiger partial charge on any atom is 0.0631 e. The van der Waals surface area contributed by atoms with E-state index in [-0.39, 0.29) is 0 Å². The quantitative estimate of drug-likeness (QED) is 0.511. The van der Waals surface area contributed by atoms with Crippen LogP contribution >= 0.6 is 0 Å². The van der Waals surface area contributed by atoms with Crippen LogP contribution in [0.1, 0.15) is 12.8 Å². The van der Waals surface area contributed by atoms with E-state index in [2.05, 4.69) is 11.9 Å². The van der Waals surface area contributed by atoms with Crippen LogP contribution in [0.3, 0.4) is 0 Å². The highest BCUT2D eigenvalue weighted by molar-refractivity contribution is 4.89. The van der Waals surface area contributed by atoms with Gasteiger partial charge in [0.05, 0.1) is 6.10 Å². The van der Waals surface area contributed by atoms with Gasteiger partial charge in [-0.1, -0.05) is 0 Å². The van der Waals surface area contributed by atoms with Gasteiger partial charge in [-0.3, -0.25) is 0 Å². The first-order valence-corrected chi connectivity index (χ1v) is 3.65. The number of piperidine rings is 1. The van der Waals surface area contributed by atoms with Gasteiger partial charge in [-0.05, 0) is 19.4 Å². The monoisotopic (exact) mass is 126 g/mol. The summed E-state index contributed by atoms with van der Waals surface area (Å²) in [6.45, 7) is 4.26. The fraction of sp³-hybridized carbons (Fsp3) is 0.857. The summed E-state index contributed by atoms with van der Waals surface area (Å²) in [6, 6.07) is 0. The fourth-order valence-corrected chi connectivity index (χ4v) is 1.61. The Morgan fingerprint density at radius 2 is 2.44 bits per heavy atom. The van der Waals surface area contributed by atoms with Gasteiger partial charge < -0.3 is 10.1 Å². The van der Waals surface area contributed by atoms with Crippen LogP contribution in [0, 0.1) is 12.5 Å². The van der Waals surface area contributed by atoms with E-state index >= 15 is 0 Å². The molecule has 2 aliphatic rings. The maximum atomic E-state index is 5.49. The molecule has 2 heterocycles. The van der Waals surface area contributed by atoms with Crippen molar-refractivity contribution in [2.45, 2.75) is 18.9 Å². The molecule has 51 valence electrons. The zero-order valence-electron chi connectivity index (χ0n) is 5.47. The van der Waals surface area contributed by atoms with E-state index in [0.29, 0.717) is 12.0 Å². The Morgan fingerprint density at radius 3 is 3.33 bits per heavy atom. The first kappa shape index (κ1) is 5.69. The molecule has 2 saturated heterocycles. The molecule has 2 nitrogen and oxygen atoms in total. The lowest BCUT2D eigenvalue weighted by molar-refractivity contribution is 0.0799. The van der Waals surface area contributed by atoms with Crippen molar-refractivity contribution >= 4 is 0 Å². The first-order chi connectivity index (χ1) is 4.47. The molecular weight excluding hydrogens is 114 g/mol. The zero-order valence-corrected chi connectivity index (χ0v) is 5.47. The lowest BCUT2D eigenvalue weighted by Crippen LogP contribution is -2.33. The van der Waals surface area contributed by atoms with Gasteiger partial charge in [0, 0.05) is 19.1 Å². The van der Waals surface area contributed by atoms with Crippen LogP contribution in [0.2, 0.25) is 0 Å². The molecule has 2 aliphatic heterocycles. The van der Waals surface area contributed by atoms with Gasteiger partial charge in [0.2, 0.25) is 0 Å². The summed E-state index contributed by atoms with van der Waals surface area (Å²) >= 11 is 0. The summed E-state index contributed by atoms with van der Waals surface area (Å²) in [5, 5.41) is 3.25. The van der Waals surface area contributed by atoms with Gasteiger partial charge in [0.25, 0.3) is 0 Å². The molecule has 1 radical (unpaired) electrons. The van der Waals surface area contributed by atoms with Crippen LogP contribution in [0.25, 0.3) is 0 Å². The molecule has 0 amide bonds. The summed E-state index contributed by atoms with van der Waals surface area (Å²) in [7, 11) is 0. The third-order valence-electron chi connectivity index (χ3n) is 2.17. The number of nitrogens with one attached hydrogen (secondary N) is 1. The van der Waals surface area contributed by atoms with E-state index in [1.807, 2.05) is 0 Å². The second-order valence-corrected chi connectivity index (χ2v) is 2.77. The minimum atomic E-state index is 0.547. The van der Waals surface area contributed by atoms with Crippen molar-refractivity contribution in [2.24, 2.45) is 5.92 Å². The Balaban J connectivity index is 1.97. The van der Waals surface area contributed by atoms with E-state index in [9.17, 15) is 0 Å². The number of ether oxygens (including phenoxy) is 1. The van der Waals surface area contributed by atoms with Crippen molar-refractivity contribution in [1.29, 1.82) is 0 Å². The summed E-state index contributed by atoms with van der Waals surface area (Å²) in [4.78, 5) is 0. The second-order valence-electron chi connectivity index (χ2n) is 2.77. The summed E-state index contributed by atoms with van der Waals surface area (Å²) in [5.74, 6) is 0.707. The van der Waals surface area contributed by atoms with E-state index in [1.54, 1.807) is 0 Å². The molecule has 9 heavy (non-hydrogen) atoms. The molecular formula is C7H12NO. The van der Waals surface area contributed by atoms with Crippen molar-refractivity contribution in [1.82, 2.24) is 5.32 Å². The van der Waals surface area contributed by atoms with E-state index in [0.717, 1.165) is 13.2 Å². The molecule has 0 bridgehead atoms. The highest BCUT2D eigenvalue weighted by Crippen LogP contribution is 2.26. The van der Waals surface area contributed by atoms with Gasteiger partial charge in [0.1, 0.15) is 0 Å². The number of rotatable bonds is 0. The zero-order chi connectivity index (χ0) is 6.10. The Hall–Kier alpha value is -0.0800. The molecule has 0 aliphatic carbocycles. The van der Waals surface area contributed by atoms with Gasteiger partial charge in [0.15, 0.2) is 0 Å². The molecule has 0 aromatic rings. The molecule has 0 spiro atoms. The Kier molecular flexibility index (Phi) is 1.44. The Labute approximate surface area is 55.6 Å². The molecule has 2 fully saturated rings. The van der Waals surface area contributed by atoms with Crippen LogP contribution in [0.15, 0.2) is 0 Å². The second kappa shape index (κ2) is 2.27. The summed E-state index contributed by atoms with van der Waals surface area (Å²) < 4.78 is 5.49. The number of hydrogen-bond donors (Lipinski definition) is 1. The molecule has 0 saturated carbocycles. The predicted octanol–water partition coefficient (Wildman–Crippen LogP) is 0.547. The third kappa shape index (κ3) is 0.970. The normalized spacial score (nSPS) is 42.7. The number of fused-ring (bicyclic) bond motifs is 1. The Morgan fingerprint density at radius 1 is 1.44 bits per heavy atom. The minimum absolute atomic E-state index is 0.547. The topological polar surface area (TPSA) is 21.3 Å². The molecule has 2 heteroatoms. The standard InChI is InChI=1S/C7H12NO/c1-3-8-5-6-2-4-9-7(1)6/h5-8H,1-4H2. The van der Waals surface area contributed by atoms with Crippen LogP contribution in [0.4, 0.5) is 0 Å². The van der Waals surface area contributed by atoms with E-state index in [4.69, 9.17) is 4.74 Å². The Bertz CT molecular complexity index is 93.1. The smallest absolute Gasteiger partial charge is 0.0631 e. The molecule has 0 aromatic heterocycles. The lowest BCUT2D eigenvalue weighted by atomic mass is 9.96. The first-order valence-electron chi connectivity index (χ1n) is 3.65. The molecule has 1 N–H and O–H groups in total. The average molecular weight is 126 g/mol. The third-order valence-corrected chi connectivity index (χ3v) is 2.17. The van der Waals surface area contributed by atoms with Gasteiger partial charge in [-0.2, -0.15) is 0 Å². The molecule has 2 atom stereocenters. The molecule has 2 rings (SSSR count). The van der Waals surface area contributed by atoms with Crippen molar-refractivity contribution in [3.05, 3.63) is 6.54 Å². The highest BCUT2D eigenvalue weighted by atomic mass is 16.5. The number of hydrogen-bond acceptors (Lipinski definition) is 2. The van der Waals surface area contributed by atoms with Crippen molar-refractivity contribution in [2.75, 3.05) is 13.2 Å². The van der Waals surface area contributed by atoms with Crippen molar-refractivity contribution in [3.8, 4) is 0 Å². The van der Waals surface area contributed by atoms with Gasteiger partial charge in [-0.15, -0.1) is 0 Å². The fourth-order valence-electron chi connectivity index (χ4n) is 1.61. The van der Waals surface area contributed by atoms with Crippen molar-refractivity contribution in [3.63, 3.8) is 0 Å². The predicted molar refractivity (Wildman–Crippen MR) is 34.8 cm³/mol. The van der Waals surface area contributed by atoms with E-state index < -0.39 is 0 Å². The minimum Gasteiger partial charge on any atom is -0.378 e. The lowest BCUT2D eigenvalue weighted by Gasteiger charge is -2.23. The summed E-state index contributed by atoms with van der Waals surface area (Å²) in [6.07, 6.45) is 2.96. The maximum absolute atomic E-state index is 5.49.